The Bertz CT molecular complexity index is 644. The van der Waals surface area contributed by atoms with Crippen LogP contribution in [0.15, 0.2) is 29.8 Å². The average Bonchev–Trinajstić information content (AvgIpc) is 3.22. The number of hydrogen-bond acceptors (Lipinski definition) is 6. The highest BCUT2D eigenvalue weighted by atomic mass is 32.1. The van der Waals surface area contributed by atoms with E-state index in [-0.39, 0.29) is 17.9 Å². The molecule has 0 spiro atoms. The lowest BCUT2D eigenvalue weighted by Crippen LogP contribution is -2.39. The molecule has 23 heavy (non-hydrogen) atoms. The number of aromatic nitrogens is 2. The third kappa shape index (κ3) is 4.17. The number of ether oxygens (including phenoxy) is 1. The van der Waals surface area contributed by atoms with Gasteiger partial charge in [-0.05, 0) is 18.9 Å². The zero-order valence-electron chi connectivity index (χ0n) is 12.5. The van der Waals surface area contributed by atoms with Crippen molar-refractivity contribution in [2.75, 3.05) is 18.5 Å². The van der Waals surface area contributed by atoms with E-state index in [0.717, 1.165) is 19.4 Å². The molecule has 0 radical (unpaired) electrons. The molecule has 2 heterocycles. The molecule has 1 saturated heterocycles. The van der Waals surface area contributed by atoms with Gasteiger partial charge in [-0.3, -0.25) is 5.32 Å². The number of nitrogens with zero attached hydrogens (tertiary/aromatic N) is 3. The number of phenolic OH excluding ortho intramolecular Hbond substituents is 1. The lowest BCUT2D eigenvalue weighted by atomic mass is 10.1. The minimum Gasteiger partial charge on any atom is -0.508 e. The van der Waals surface area contributed by atoms with E-state index < -0.39 is 0 Å². The maximum atomic E-state index is 12.5. The predicted molar refractivity (Wildman–Crippen MR) is 86.4 cm³/mol. The number of urea groups is 1. The standard InChI is InChI=1S/C15H18N4O3S/c20-13-6-2-1-4-11(13)8-19(9-12-5-3-7-22-12)15(21)17-14-18-16-10-23-14/h1-2,4,6,10,12,20H,3,5,7-9H2,(H,17,18,21)/t12-/m0/s1. The number of benzene rings is 1. The van der Waals surface area contributed by atoms with Crippen LogP contribution in [-0.4, -0.2) is 45.5 Å². The van der Waals surface area contributed by atoms with Gasteiger partial charge in [0.1, 0.15) is 11.3 Å². The maximum Gasteiger partial charge on any atom is 0.324 e. The summed E-state index contributed by atoms with van der Waals surface area (Å²) in [6.45, 7) is 1.50. The largest absolute Gasteiger partial charge is 0.508 e. The van der Waals surface area contributed by atoms with Crippen molar-refractivity contribution in [3.8, 4) is 5.75 Å². The highest BCUT2D eigenvalue weighted by Crippen LogP contribution is 2.21. The Morgan fingerprint density at radius 3 is 3.04 bits per heavy atom. The number of carbonyl (C=O) groups is 1. The van der Waals surface area contributed by atoms with Crippen molar-refractivity contribution in [2.45, 2.75) is 25.5 Å². The van der Waals surface area contributed by atoms with Gasteiger partial charge in [-0.1, -0.05) is 29.5 Å². The van der Waals surface area contributed by atoms with Crippen LogP contribution in [0.3, 0.4) is 0 Å². The van der Waals surface area contributed by atoms with Crippen molar-refractivity contribution >= 4 is 22.5 Å². The van der Waals surface area contributed by atoms with E-state index in [1.807, 2.05) is 6.07 Å². The third-order valence-electron chi connectivity index (χ3n) is 3.66. The minimum absolute atomic E-state index is 0.0287. The van der Waals surface area contributed by atoms with Crippen LogP contribution in [0.5, 0.6) is 5.75 Å². The molecule has 2 amide bonds. The monoisotopic (exact) mass is 334 g/mol. The highest BCUT2D eigenvalue weighted by Gasteiger charge is 2.24. The fourth-order valence-corrected chi connectivity index (χ4v) is 2.94. The van der Waals surface area contributed by atoms with Crippen LogP contribution < -0.4 is 5.32 Å². The molecule has 1 aromatic heterocycles. The van der Waals surface area contributed by atoms with E-state index in [1.165, 1.54) is 11.3 Å². The smallest absolute Gasteiger partial charge is 0.324 e. The molecular formula is C15H18N4O3S. The van der Waals surface area contributed by atoms with Gasteiger partial charge in [0.25, 0.3) is 0 Å². The number of amides is 2. The van der Waals surface area contributed by atoms with Crippen molar-refractivity contribution in [2.24, 2.45) is 0 Å². The SMILES string of the molecule is O=C(Nc1nncs1)N(Cc1ccccc1O)C[C@@H]1CCCO1. The summed E-state index contributed by atoms with van der Waals surface area (Å²) in [6.07, 6.45) is 1.97. The average molecular weight is 334 g/mol. The lowest BCUT2D eigenvalue weighted by molar-refractivity contribution is 0.0817. The molecule has 1 aliphatic rings. The maximum absolute atomic E-state index is 12.5. The molecule has 1 aliphatic heterocycles. The van der Waals surface area contributed by atoms with Gasteiger partial charge in [0.05, 0.1) is 12.6 Å². The van der Waals surface area contributed by atoms with E-state index in [0.29, 0.717) is 23.8 Å². The normalized spacial score (nSPS) is 17.1. The molecule has 122 valence electrons. The van der Waals surface area contributed by atoms with E-state index in [9.17, 15) is 9.90 Å². The first-order valence-corrected chi connectivity index (χ1v) is 8.31. The molecular weight excluding hydrogens is 316 g/mol. The van der Waals surface area contributed by atoms with Gasteiger partial charge in [-0.2, -0.15) is 0 Å². The topological polar surface area (TPSA) is 87.6 Å². The Kier molecular flexibility index (Phi) is 5.04. The van der Waals surface area contributed by atoms with Crippen LogP contribution in [0.25, 0.3) is 0 Å². The number of para-hydroxylation sites is 1. The first kappa shape index (κ1) is 15.7. The Balaban J connectivity index is 1.72. The molecule has 1 fully saturated rings. The molecule has 2 aromatic rings. The van der Waals surface area contributed by atoms with Gasteiger partial charge in [0.15, 0.2) is 0 Å². The molecule has 1 atom stereocenters. The molecule has 0 aliphatic carbocycles. The van der Waals surface area contributed by atoms with Crippen LogP contribution in [0.4, 0.5) is 9.93 Å². The van der Waals surface area contributed by atoms with E-state index in [2.05, 4.69) is 15.5 Å². The lowest BCUT2D eigenvalue weighted by Gasteiger charge is -2.25. The second-order valence-electron chi connectivity index (χ2n) is 5.32. The molecule has 2 N–H and O–H groups in total. The number of phenols is 1. The van der Waals surface area contributed by atoms with Crippen LogP contribution in [0, 0.1) is 0 Å². The first-order valence-electron chi connectivity index (χ1n) is 7.43. The predicted octanol–water partition coefficient (Wildman–Crippen LogP) is 2.46. The number of carbonyl (C=O) groups excluding carboxylic acids is 1. The number of anilines is 1. The third-order valence-corrected chi connectivity index (χ3v) is 4.27. The summed E-state index contributed by atoms with van der Waals surface area (Å²) in [5, 5.41) is 20.7. The van der Waals surface area contributed by atoms with Gasteiger partial charge < -0.3 is 14.7 Å². The van der Waals surface area contributed by atoms with Crippen LogP contribution in [0.1, 0.15) is 18.4 Å². The quantitative estimate of drug-likeness (QED) is 0.877. The fraction of sp³-hybridized carbons (Fsp3) is 0.400. The second kappa shape index (κ2) is 7.38. The molecule has 0 saturated carbocycles. The highest BCUT2D eigenvalue weighted by molar-refractivity contribution is 7.13. The second-order valence-corrected chi connectivity index (χ2v) is 6.15. The van der Waals surface area contributed by atoms with Crippen LogP contribution >= 0.6 is 11.3 Å². The van der Waals surface area contributed by atoms with E-state index in [1.54, 1.807) is 28.6 Å². The van der Waals surface area contributed by atoms with Gasteiger partial charge in [-0.15, -0.1) is 10.2 Å². The zero-order chi connectivity index (χ0) is 16.1. The summed E-state index contributed by atoms with van der Waals surface area (Å²) >= 11 is 1.26. The van der Waals surface area contributed by atoms with Crippen molar-refractivity contribution < 1.29 is 14.6 Å². The number of rotatable bonds is 5. The van der Waals surface area contributed by atoms with Crippen LogP contribution in [0.2, 0.25) is 0 Å². The summed E-state index contributed by atoms with van der Waals surface area (Å²) < 4.78 is 5.63. The van der Waals surface area contributed by atoms with Gasteiger partial charge in [0.2, 0.25) is 5.13 Å². The molecule has 0 unspecified atom stereocenters. The molecule has 8 heteroatoms. The minimum atomic E-state index is -0.277. The molecule has 0 bridgehead atoms. The van der Waals surface area contributed by atoms with Gasteiger partial charge >= 0.3 is 6.03 Å². The van der Waals surface area contributed by atoms with Crippen molar-refractivity contribution in [3.63, 3.8) is 0 Å². The van der Waals surface area contributed by atoms with E-state index in [4.69, 9.17) is 4.74 Å². The van der Waals surface area contributed by atoms with Crippen LogP contribution in [-0.2, 0) is 11.3 Å². The first-order chi connectivity index (χ1) is 11.2. The summed E-state index contributed by atoms with van der Waals surface area (Å²) in [4.78, 5) is 14.2. The summed E-state index contributed by atoms with van der Waals surface area (Å²) in [5.74, 6) is 0.175. The van der Waals surface area contributed by atoms with Gasteiger partial charge in [0, 0.05) is 18.7 Å². The molecule has 1 aromatic carbocycles. The van der Waals surface area contributed by atoms with Crippen molar-refractivity contribution in [1.29, 1.82) is 0 Å². The summed E-state index contributed by atoms with van der Waals surface area (Å²) in [7, 11) is 0. The zero-order valence-corrected chi connectivity index (χ0v) is 13.3. The van der Waals surface area contributed by atoms with Crippen molar-refractivity contribution in [3.05, 3.63) is 35.3 Å². The summed E-state index contributed by atoms with van der Waals surface area (Å²) in [5.41, 5.74) is 2.25. The van der Waals surface area contributed by atoms with Gasteiger partial charge in [-0.25, -0.2) is 4.79 Å². The number of aromatic hydroxyl groups is 1. The Morgan fingerprint density at radius 1 is 1.48 bits per heavy atom. The summed E-state index contributed by atoms with van der Waals surface area (Å²) in [6, 6.07) is 6.73. The number of nitrogens with one attached hydrogen (secondary N) is 1. The Labute approximate surface area is 137 Å². The molecule has 7 nitrogen and oxygen atoms in total. The Hall–Kier alpha value is -2.19. The molecule has 3 rings (SSSR count). The van der Waals surface area contributed by atoms with E-state index >= 15 is 0 Å². The number of hydrogen-bond donors (Lipinski definition) is 2. The Morgan fingerprint density at radius 2 is 2.35 bits per heavy atom. The fourth-order valence-electron chi connectivity index (χ4n) is 2.50. The van der Waals surface area contributed by atoms with Crippen molar-refractivity contribution in [1.82, 2.24) is 15.1 Å².